The summed E-state index contributed by atoms with van der Waals surface area (Å²) in [5, 5.41) is 0. The van der Waals surface area contributed by atoms with Gasteiger partial charge >= 0.3 is 5.97 Å². The highest BCUT2D eigenvalue weighted by Crippen LogP contribution is 2.35. The molecule has 33 heavy (non-hydrogen) atoms. The van der Waals surface area contributed by atoms with E-state index in [1.807, 2.05) is 42.5 Å². The summed E-state index contributed by atoms with van der Waals surface area (Å²) in [6.45, 7) is 2.11. The minimum Gasteiger partial charge on any atom is -0.489 e. The summed E-state index contributed by atoms with van der Waals surface area (Å²) in [6, 6.07) is 22.6. The molecule has 0 saturated carbocycles. The number of ether oxygens (including phenoxy) is 2. The van der Waals surface area contributed by atoms with Gasteiger partial charge in [0.15, 0.2) is 0 Å². The number of hydrogen-bond acceptors (Lipinski definition) is 4. The highest BCUT2D eigenvalue weighted by molar-refractivity contribution is 6.23. The van der Waals surface area contributed by atoms with E-state index in [1.54, 1.807) is 25.1 Å². The number of methoxy groups -OCH3 is 1. The predicted octanol–water partition coefficient (Wildman–Crippen LogP) is 5.28. The summed E-state index contributed by atoms with van der Waals surface area (Å²) < 4.78 is 24.1. The molecule has 1 aliphatic heterocycles. The van der Waals surface area contributed by atoms with E-state index in [9.17, 15) is 14.0 Å². The van der Waals surface area contributed by atoms with Gasteiger partial charge in [0, 0.05) is 11.4 Å². The Kier molecular flexibility index (Phi) is 6.36. The van der Waals surface area contributed by atoms with Gasteiger partial charge in [0.2, 0.25) is 0 Å². The number of anilines is 1. The average Bonchev–Trinajstić information content (AvgIpc) is 3.08. The Labute approximate surface area is 191 Å². The second-order valence-electron chi connectivity index (χ2n) is 7.47. The number of nitrogens with zero attached hydrogens (tertiary/aromatic N) is 1. The highest BCUT2D eigenvalue weighted by atomic mass is 19.1. The van der Waals surface area contributed by atoms with Crippen molar-refractivity contribution in [1.82, 2.24) is 0 Å². The monoisotopic (exact) mass is 443 g/mol. The number of carbonyl (C=O) groups excluding carboxylic acids is 2. The zero-order valence-corrected chi connectivity index (χ0v) is 18.2. The lowest BCUT2D eigenvalue weighted by atomic mass is 10.0. The minimum atomic E-state index is -0.612. The molecule has 3 aromatic rings. The van der Waals surface area contributed by atoms with E-state index in [0.29, 0.717) is 23.7 Å². The van der Waals surface area contributed by atoms with Crippen LogP contribution in [0.2, 0.25) is 0 Å². The van der Waals surface area contributed by atoms with E-state index in [0.717, 1.165) is 11.1 Å². The maximum absolute atomic E-state index is 13.4. The topological polar surface area (TPSA) is 55.8 Å². The van der Waals surface area contributed by atoms with Gasteiger partial charge in [-0.1, -0.05) is 42.5 Å². The van der Waals surface area contributed by atoms with E-state index in [2.05, 4.69) is 0 Å². The van der Waals surface area contributed by atoms with Gasteiger partial charge in [0.25, 0.3) is 5.91 Å². The van der Waals surface area contributed by atoms with Crippen molar-refractivity contribution in [3.8, 4) is 5.75 Å². The first kappa shape index (κ1) is 22.0. The SMILES string of the molecule is COC(=O)C1=C(C)N(c2ccc(F)cc2)C(=O)/C1=C\c1ccc(OCc2ccccc2)cc1. The maximum atomic E-state index is 13.4. The van der Waals surface area contributed by atoms with Crippen LogP contribution in [-0.4, -0.2) is 19.0 Å². The quantitative estimate of drug-likeness (QED) is 0.384. The fourth-order valence-corrected chi connectivity index (χ4v) is 3.65. The third-order valence-electron chi connectivity index (χ3n) is 5.31. The van der Waals surface area contributed by atoms with Gasteiger partial charge in [0.05, 0.1) is 18.3 Å². The number of benzene rings is 3. The van der Waals surface area contributed by atoms with Crippen molar-refractivity contribution in [1.29, 1.82) is 0 Å². The first-order chi connectivity index (χ1) is 16.0. The molecule has 0 bridgehead atoms. The largest absolute Gasteiger partial charge is 0.489 e. The normalized spacial score (nSPS) is 14.7. The summed E-state index contributed by atoms with van der Waals surface area (Å²) in [7, 11) is 1.27. The van der Waals surface area contributed by atoms with Crippen LogP contribution < -0.4 is 9.64 Å². The fraction of sp³-hybridized carbons (Fsp3) is 0.111. The molecule has 0 N–H and O–H groups in total. The van der Waals surface area contributed by atoms with E-state index in [4.69, 9.17) is 9.47 Å². The second-order valence-corrected chi connectivity index (χ2v) is 7.47. The summed E-state index contributed by atoms with van der Waals surface area (Å²) in [4.78, 5) is 27.1. The van der Waals surface area contributed by atoms with Crippen molar-refractivity contribution in [2.45, 2.75) is 13.5 Å². The van der Waals surface area contributed by atoms with E-state index >= 15 is 0 Å². The molecule has 0 unspecified atom stereocenters. The van der Waals surface area contributed by atoms with E-state index in [-0.39, 0.29) is 17.1 Å². The van der Waals surface area contributed by atoms with Crippen LogP contribution in [0.1, 0.15) is 18.1 Å². The summed E-state index contributed by atoms with van der Waals surface area (Å²) in [6.07, 6.45) is 1.64. The van der Waals surface area contributed by atoms with Gasteiger partial charge in [-0.3, -0.25) is 9.69 Å². The zero-order chi connectivity index (χ0) is 23.4. The van der Waals surface area contributed by atoms with Crippen LogP contribution in [-0.2, 0) is 20.9 Å². The molecule has 0 aromatic heterocycles. The van der Waals surface area contributed by atoms with Crippen molar-refractivity contribution in [2.75, 3.05) is 12.0 Å². The molecule has 1 heterocycles. The number of hydrogen-bond donors (Lipinski definition) is 0. The molecule has 166 valence electrons. The van der Waals surface area contributed by atoms with Crippen LogP contribution in [0.3, 0.4) is 0 Å². The Balaban J connectivity index is 1.60. The zero-order valence-electron chi connectivity index (χ0n) is 18.2. The average molecular weight is 443 g/mol. The number of rotatable bonds is 6. The smallest absolute Gasteiger partial charge is 0.340 e. The Hall–Kier alpha value is -4.19. The molecule has 1 amide bonds. The van der Waals surface area contributed by atoms with Crippen LogP contribution in [0, 0.1) is 5.82 Å². The van der Waals surface area contributed by atoms with Crippen LogP contribution in [0.4, 0.5) is 10.1 Å². The number of carbonyl (C=O) groups is 2. The third-order valence-corrected chi connectivity index (χ3v) is 5.31. The Morgan fingerprint density at radius 2 is 1.64 bits per heavy atom. The molecule has 4 rings (SSSR count). The van der Waals surface area contributed by atoms with Crippen molar-refractivity contribution in [3.05, 3.63) is 113 Å². The minimum absolute atomic E-state index is 0.177. The molecular formula is C27H22FNO4. The Morgan fingerprint density at radius 1 is 0.970 bits per heavy atom. The molecular weight excluding hydrogens is 421 g/mol. The highest BCUT2D eigenvalue weighted by Gasteiger charge is 2.37. The molecule has 6 heteroatoms. The van der Waals surface area contributed by atoms with Gasteiger partial charge in [-0.15, -0.1) is 0 Å². The summed E-state index contributed by atoms with van der Waals surface area (Å²) in [5.74, 6) is -0.722. The van der Waals surface area contributed by atoms with Crippen molar-refractivity contribution >= 4 is 23.6 Å². The number of allylic oxidation sites excluding steroid dienone is 1. The fourth-order valence-electron chi connectivity index (χ4n) is 3.65. The molecule has 0 fully saturated rings. The standard InChI is InChI=1S/C27H22FNO4/c1-18-25(27(31)32-2)24(26(30)29(18)22-12-10-21(28)11-13-22)16-19-8-14-23(15-9-19)33-17-20-6-4-3-5-7-20/h3-16H,17H2,1-2H3/b24-16-. The van der Waals surface area contributed by atoms with Crippen LogP contribution >= 0.6 is 0 Å². The lowest BCUT2D eigenvalue weighted by Crippen LogP contribution is -2.24. The summed E-state index contributed by atoms with van der Waals surface area (Å²) >= 11 is 0. The Morgan fingerprint density at radius 3 is 2.27 bits per heavy atom. The van der Waals surface area contributed by atoms with Crippen molar-refractivity contribution < 1.29 is 23.5 Å². The lowest BCUT2D eigenvalue weighted by Gasteiger charge is -2.17. The number of amides is 1. The molecule has 0 radical (unpaired) electrons. The van der Waals surface area contributed by atoms with Gasteiger partial charge in [-0.05, 0) is 60.5 Å². The number of esters is 1. The van der Waals surface area contributed by atoms with Gasteiger partial charge < -0.3 is 9.47 Å². The molecule has 0 atom stereocenters. The van der Waals surface area contributed by atoms with Crippen molar-refractivity contribution in [2.24, 2.45) is 0 Å². The van der Waals surface area contributed by atoms with Gasteiger partial charge in [-0.2, -0.15) is 0 Å². The van der Waals surface area contributed by atoms with Gasteiger partial charge in [0.1, 0.15) is 18.2 Å². The van der Waals surface area contributed by atoms with Gasteiger partial charge in [-0.25, -0.2) is 9.18 Å². The molecule has 1 aliphatic rings. The maximum Gasteiger partial charge on any atom is 0.340 e. The lowest BCUT2D eigenvalue weighted by molar-refractivity contribution is -0.136. The second kappa shape index (κ2) is 9.53. The van der Waals surface area contributed by atoms with Crippen LogP contribution in [0.25, 0.3) is 6.08 Å². The molecule has 0 aliphatic carbocycles. The molecule has 0 spiro atoms. The van der Waals surface area contributed by atoms with Crippen LogP contribution in [0.5, 0.6) is 5.75 Å². The molecule has 5 nitrogen and oxygen atoms in total. The Bertz CT molecular complexity index is 1230. The predicted molar refractivity (Wildman–Crippen MR) is 124 cm³/mol. The third kappa shape index (κ3) is 4.70. The number of halogens is 1. The summed E-state index contributed by atoms with van der Waals surface area (Å²) in [5.41, 5.74) is 3.06. The first-order valence-electron chi connectivity index (χ1n) is 10.4. The first-order valence-corrected chi connectivity index (χ1v) is 10.4. The van der Waals surface area contributed by atoms with E-state index < -0.39 is 11.8 Å². The van der Waals surface area contributed by atoms with Crippen LogP contribution in [0.15, 0.2) is 95.7 Å². The molecule has 3 aromatic carbocycles. The molecule has 0 saturated heterocycles. The van der Waals surface area contributed by atoms with Crippen molar-refractivity contribution in [3.63, 3.8) is 0 Å². The van der Waals surface area contributed by atoms with E-state index in [1.165, 1.54) is 36.3 Å².